The van der Waals surface area contributed by atoms with Crippen LogP contribution in [0.4, 0.5) is 15.0 Å². The fourth-order valence-corrected chi connectivity index (χ4v) is 5.44. The van der Waals surface area contributed by atoms with Crippen LogP contribution < -0.4 is 5.32 Å². The van der Waals surface area contributed by atoms with Crippen molar-refractivity contribution in [2.75, 3.05) is 5.32 Å². The normalized spacial score (nSPS) is 21.7. The molecular formula is C25H34FN5O3. The number of rotatable bonds is 4. The van der Waals surface area contributed by atoms with Crippen LogP contribution in [0.15, 0.2) is 18.5 Å². The van der Waals surface area contributed by atoms with Gasteiger partial charge in [0.05, 0.1) is 12.4 Å². The number of pyridine rings is 1. The van der Waals surface area contributed by atoms with Crippen LogP contribution in [0.2, 0.25) is 0 Å². The Morgan fingerprint density at radius 3 is 2.65 bits per heavy atom. The second-order valence-electron chi connectivity index (χ2n) is 11.4. The topological polar surface area (TPSA) is 100 Å². The van der Waals surface area contributed by atoms with E-state index < -0.39 is 17.4 Å². The van der Waals surface area contributed by atoms with Crippen LogP contribution in [-0.2, 0) is 17.8 Å². The lowest BCUT2D eigenvalue weighted by molar-refractivity contribution is -0.121. The summed E-state index contributed by atoms with van der Waals surface area (Å²) in [5.74, 6) is -0.722. The molecule has 4 rings (SSSR count). The zero-order valence-corrected chi connectivity index (χ0v) is 20.6. The molecule has 2 amide bonds. The highest BCUT2D eigenvalue weighted by molar-refractivity contribution is 5.92. The van der Waals surface area contributed by atoms with Gasteiger partial charge in [-0.1, -0.05) is 20.3 Å². The van der Waals surface area contributed by atoms with Crippen molar-refractivity contribution < 1.29 is 19.1 Å². The summed E-state index contributed by atoms with van der Waals surface area (Å²) in [5, 5.41) is 17.0. The molecule has 1 saturated carbocycles. The number of carboxylic acid groups (broad SMARTS) is 1. The highest BCUT2D eigenvalue weighted by atomic mass is 19.1. The summed E-state index contributed by atoms with van der Waals surface area (Å²) in [4.78, 5) is 30.5. The van der Waals surface area contributed by atoms with E-state index in [-0.39, 0.29) is 29.1 Å². The largest absolute Gasteiger partial charge is 0.465 e. The summed E-state index contributed by atoms with van der Waals surface area (Å²) in [7, 11) is 0. The Kier molecular flexibility index (Phi) is 6.16. The lowest BCUT2D eigenvalue weighted by Gasteiger charge is -2.42. The average Bonchev–Trinajstić information content (AvgIpc) is 3.23. The first-order valence-electron chi connectivity index (χ1n) is 11.9. The summed E-state index contributed by atoms with van der Waals surface area (Å²) in [6, 6.07) is 1.34. The number of hydrogen-bond donors (Lipinski definition) is 2. The fraction of sp³-hybridized carbons (Fsp3) is 0.600. The van der Waals surface area contributed by atoms with Crippen molar-refractivity contribution in [3.63, 3.8) is 0 Å². The van der Waals surface area contributed by atoms with Crippen LogP contribution in [0, 0.1) is 17.2 Å². The Morgan fingerprint density at radius 1 is 1.24 bits per heavy atom. The molecule has 3 heterocycles. The Bertz CT molecular complexity index is 1100. The van der Waals surface area contributed by atoms with E-state index in [4.69, 9.17) is 0 Å². The van der Waals surface area contributed by atoms with Crippen molar-refractivity contribution in [2.45, 2.75) is 84.8 Å². The van der Waals surface area contributed by atoms with Gasteiger partial charge in [0.2, 0.25) is 5.91 Å². The van der Waals surface area contributed by atoms with Crippen LogP contribution in [0.5, 0.6) is 0 Å². The SMILES string of the molecule is CC1(C)Cc2c(-c3cc(NC(=O)[C@H]4CCC[C@@H](N(C(=O)O)C(C)(C)C)C4)ncc3F)cnn2C1. The highest BCUT2D eigenvalue weighted by Gasteiger charge is 2.38. The molecule has 2 atom stereocenters. The molecule has 0 spiro atoms. The van der Waals surface area contributed by atoms with Crippen LogP contribution in [0.1, 0.15) is 66.0 Å². The highest BCUT2D eigenvalue weighted by Crippen LogP contribution is 2.38. The maximum absolute atomic E-state index is 14.7. The third-order valence-corrected chi connectivity index (χ3v) is 6.88. The fourth-order valence-electron chi connectivity index (χ4n) is 5.44. The van der Waals surface area contributed by atoms with E-state index in [0.29, 0.717) is 18.4 Å². The molecule has 2 aromatic rings. The number of amides is 2. The van der Waals surface area contributed by atoms with Gasteiger partial charge in [-0.2, -0.15) is 5.10 Å². The van der Waals surface area contributed by atoms with E-state index in [9.17, 15) is 19.1 Å². The van der Waals surface area contributed by atoms with Gasteiger partial charge in [0, 0.05) is 40.9 Å². The molecule has 2 aromatic heterocycles. The van der Waals surface area contributed by atoms with E-state index >= 15 is 0 Å². The molecule has 9 heteroatoms. The molecule has 0 aromatic carbocycles. The maximum Gasteiger partial charge on any atom is 0.407 e. The molecule has 0 bridgehead atoms. The van der Waals surface area contributed by atoms with Crippen molar-refractivity contribution in [3.05, 3.63) is 30.0 Å². The van der Waals surface area contributed by atoms with Crippen molar-refractivity contribution in [1.29, 1.82) is 0 Å². The number of carbonyl (C=O) groups is 2. The number of halogens is 1. The molecule has 8 nitrogen and oxygen atoms in total. The Labute approximate surface area is 199 Å². The lowest BCUT2D eigenvalue weighted by atomic mass is 9.83. The minimum Gasteiger partial charge on any atom is -0.465 e. The standard InChI is InChI=1S/C25H34FN5O3/c1-24(2,3)31(23(33)34)16-8-6-7-15(9-16)22(32)29-21-10-17(19(26)13-27-21)18-12-28-30-14-25(4,5)11-20(18)30/h10,12-13,15-16H,6-9,11,14H2,1-5H3,(H,33,34)(H,27,29,32)/t15-,16+/m0/s1. The van der Waals surface area contributed by atoms with Crippen LogP contribution in [0.3, 0.4) is 0 Å². The third kappa shape index (κ3) is 4.79. The lowest BCUT2D eigenvalue weighted by Crippen LogP contribution is -2.53. The summed E-state index contributed by atoms with van der Waals surface area (Å²) in [5.41, 5.74) is 1.59. The number of anilines is 1. The van der Waals surface area contributed by atoms with Crippen molar-refractivity contribution in [1.82, 2.24) is 19.7 Å². The Balaban J connectivity index is 1.51. The van der Waals surface area contributed by atoms with Crippen LogP contribution in [-0.4, -0.2) is 48.4 Å². The zero-order chi connectivity index (χ0) is 24.8. The van der Waals surface area contributed by atoms with Gasteiger partial charge in [-0.15, -0.1) is 0 Å². The Hall–Kier alpha value is -2.97. The number of carbonyl (C=O) groups excluding carboxylic acids is 1. The number of nitrogens with one attached hydrogen (secondary N) is 1. The predicted molar refractivity (Wildman–Crippen MR) is 127 cm³/mol. The van der Waals surface area contributed by atoms with E-state index in [1.165, 1.54) is 4.90 Å². The van der Waals surface area contributed by atoms with Crippen molar-refractivity contribution in [2.24, 2.45) is 11.3 Å². The summed E-state index contributed by atoms with van der Waals surface area (Å²) in [6.45, 7) is 10.7. The molecule has 0 unspecified atom stereocenters. The first kappa shape index (κ1) is 24.2. The number of fused-ring (bicyclic) bond motifs is 1. The van der Waals surface area contributed by atoms with Crippen LogP contribution >= 0.6 is 0 Å². The monoisotopic (exact) mass is 471 g/mol. The van der Waals surface area contributed by atoms with E-state index in [2.05, 4.69) is 29.2 Å². The minimum atomic E-state index is -0.972. The molecule has 1 aliphatic carbocycles. The second-order valence-corrected chi connectivity index (χ2v) is 11.4. The number of hydrogen-bond acceptors (Lipinski definition) is 4. The molecule has 2 N–H and O–H groups in total. The van der Waals surface area contributed by atoms with Gasteiger partial charge < -0.3 is 15.3 Å². The van der Waals surface area contributed by atoms with E-state index in [1.54, 1.807) is 12.3 Å². The van der Waals surface area contributed by atoms with Crippen molar-refractivity contribution >= 4 is 17.8 Å². The molecule has 34 heavy (non-hydrogen) atoms. The first-order valence-corrected chi connectivity index (χ1v) is 11.9. The smallest absolute Gasteiger partial charge is 0.407 e. The Morgan fingerprint density at radius 2 is 1.97 bits per heavy atom. The average molecular weight is 472 g/mol. The van der Waals surface area contributed by atoms with Crippen molar-refractivity contribution in [3.8, 4) is 11.1 Å². The van der Waals surface area contributed by atoms with Gasteiger partial charge in [-0.05, 0) is 57.9 Å². The molecular weight excluding hydrogens is 437 g/mol. The molecule has 0 saturated heterocycles. The van der Waals surface area contributed by atoms with Gasteiger partial charge >= 0.3 is 6.09 Å². The second kappa shape index (κ2) is 8.67. The summed E-state index contributed by atoms with van der Waals surface area (Å²) in [6.07, 6.45) is 5.26. The van der Waals surface area contributed by atoms with Gasteiger partial charge in [-0.25, -0.2) is 14.2 Å². The van der Waals surface area contributed by atoms with Gasteiger partial charge in [0.15, 0.2) is 0 Å². The first-order chi connectivity index (χ1) is 15.9. The third-order valence-electron chi connectivity index (χ3n) is 6.88. The van der Waals surface area contributed by atoms with E-state index in [0.717, 1.165) is 43.3 Å². The minimum absolute atomic E-state index is 0.0628. The predicted octanol–water partition coefficient (Wildman–Crippen LogP) is 4.94. The summed E-state index contributed by atoms with van der Waals surface area (Å²) >= 11 is 0. The quantitative estimate of drug-likeness (QED) is 0.658. The van der Waals surface area contributed by atoms with Gasteiger partial charge in [-0.3, -0.25) is 9.48 Å². The number of aromatic nitrogens is 3. The molecule has 0 radical (unpaired) electrons. The van der Waals surface area contributed by atoms with Crippen LogP contribution in [0.25, 0.3) is 11.1 Å². The van der Waals surface area contributed by atoms with Gasteiger partial charge in [0.25, 0.3) is 0 Å². The zero-order valence-electron chi connectivity index (χ0n) is 20.6. The molecule has 2 aliphatic rings. The molecule has 184 valence electrons. The molecule has 1 fully saturated rings. The summed E-state index contributed by atoms with van der Waals surface area (Å²) < 4.78 is 16.7. The van der Waals surface area contributed by atoms with Gasteiger partial charge in [0.1, 0.15) is 11.6 Å². The number of nitrogens with zero attached hydrogens (tertiary/aromatic N) is 4. The molecule has 1 aliphatic heterocycles. The maximum atomic E-state index is 14.7. The van der Waals surface area contributed by atoms with E-state index in [1.807, 2.05) is 25.5 Å².